The molecule has 3 heteroatoms. The minimum absolute atomic E-state index is 0.119. The number of benzene rings is 1. The van der Waals surface area contributed by atoms with Crippen LogP contribution in [-0.4, -0.2) is 7.05 Å². The second-order valence-corrected chi connectivity index (χ2v) is 4.98. The van der Waals surface area contributed by atoms with Gasteiger partial charge in [-0.05, 0) is 37.6 Å². The molecule has 2 rings (SSSR count). The van der Waals surface area contributed by atoms with Crippen LogP contribution in [0.4, 0.5) is 0 Å². The van der Waals surface area contributed by atoms with Crippen LogP contribution in [0.3, 0.4) is 0 Å². The second-order valence-electron chi connectivity index (χ2n) is 4.17. The molecule has 0 heterocycles. The zero-order chi connectivity index (χ0) is 10.9. The van der Waals surface area contributed by atoms with E-state index in [2.05, 4.69) is 11.4 Å². The van der Waals surface area contributed by atoms with Gasteiger partial charge in [-0.1, -0.05) is 42.1 Å². The Hall–Kier alpha value is -0.240. The van der Waals surface area contributed by atoms with Crippen molar-refractivity contribution in [2.45, 2.75) is 31.2 Å². The van der Waals surface area contributed by atoms with Gasteiger partial charge in [0.1, 0.15) is 0 Å². The number of hydrogen-bond donors (Lipinski definition) is 1. The fourth-order valence-electron chi connectivity index (χ4n) is 2.46. The number of halogens is 2. The lowest BCUT2D eigenvalue weighted by atomic mass is 9.88. The number of hydrogen-bond acceptors (Lipinski definition) is 1. The van der Waals surface area contributed by atoms with Gasteiger partial charge in [0, 0.05) is 5.54 Å². The Balaban J connectivity index is 2.38. The largest absolute Gasteiger partial charge is 0.310 e. The molecular weight excluding hydrogens is 229 g/mol. The topological polar surface area (TPSA) is 12.0 Å². The summed E-state index contributed by atoms with van der Waals surface area (Å²) in [5.74, 6) is 0. The molecule has 0 radical (unpaired) electrons. The monoisotopic (exact) mass is 243 g/mol. The zero-order valence-corrected chi connectivity index (χ0v) is 10.3. The van der Waals surface area contributed by atoms with Gasteiger partial charge in [-0.25, -0.2) is 0 Å². The van der Waals surface area contributed by atoms with Crippen LogP contribution in [0.25, 0.3) is 0 Å². The lowest BCUT2D eigenvalue weighted by Gasteiger charge is -2.29. The van der Waals surface area contributed by atoms with E-state index in [1.165, 1.54) is 31.2 Å². The first-order valence-electron chi connectivity index (χ1n) is 5.32. The Morgan fingerprint density at radius 2 is 1.80 bits per heavy atom. The molecule has 15 heavy (non-hydrogen) atoms. The van der Waals surface area contributed by atoms with Gasteiger partial charge in [0.25, 0.3) is 0 Å². The average Bonchev–Trinajstić information content (AvgIpc) is 2.72. The summed E-state index contributed by atoms with van der Waals surface area (Å²) in [5.41, 5.74) is 1.38. The van der Waals surface area contributed by atoms with E-state index in [1.54, 1.807) is 0 Å². The lowest BCUT2D eigenvalue weighted by molar-refractivity contribution is 0.372. The van der Waals surface area contributed by atoms with Crippen molar-refractivity contribution >= 4 is 23.2 Å². The molecule has 0 spiro atoms. The van der Waals surface area contributed by atoms with E-state index in [1.807, 2.05) is 19.2 Å². The molecule has 1 aromatic carbocycles. The quantitative estimate of drug-likeness (QED) is 0.829. The molecule has 0 unspecified atom stereocenters. The van der Waals surface area contributed by atoms with Crippen LogP contribution in [0.1, 0.15) is 31.2 Å². The third-order valence-corrected chi connectivity index (χ3v) is 4.15. The lowest BCUT2D eigenvalue weighted by Crippen LogP contribution is -2.36. The predicted molar refractivity (Wildman–Crippen MR) is 65.7 cm³/mol. The summed E-state index contributed by atoms with van der Waals surface area (Å²) in [6, 6.07) is 5.96. The van der Waals surface area contributed by atoms with Gasteiger partial charge >= 0.3 is 0 Å². The molecule has 1 fully saturated rings. The summed E-state index contributed by atoms with van der Waals surface area (Å²) in [6.07, 6.45) is 4.92. The molecule has 82 valence electrons. The van der Waals surface area contributed by atoms with E-state index < -0.39 is 0 Å². The first kappa shape index (κ1) is 11.3. The number of nitrogens with one attached hydrogen (secondary N) is 1. The van der Waals surface area contributed by atoms with E-state index in [9.17, 15) is 0 Å². The molecule has 0 atom stereocenters. The molecule has 0 bridgehead atoms. The van der Waals surface area contributed by atoms with Gasteiger partial charge < -0.3 is 5.32 Å². The van der Waals surface area contributed by atoms with Crippen LogP contribution in [0.2, 0.25) is 10.0 Å². The van der Waals surface area contributed by atoms with Gasteiger partial charge in [-0.15, -0.1) is 0 Å². The molecule has 1 aromatic rings. The standard InChI is InChI=1S/C12H15Cl2N/c1-15-12(6-2-3-7-12)9-4-5-10(13)11(14)8-9/h4-5,8,15H,2-3,6-7H2,1H3. The molecule has 1 aliphatic carbocycles. The Kier molecular flexibility index (Phi) is 3.24. The van der Waals surface area contributed by atoms with E-state index in [-0.39, 0.29) is 5.54 Å². The smallest absolute Gasteiger partial charge is 0.0595 e. The average molecular weight is 244 g/mol. The predicted octanol–water partition coefficient (Wildman–Crippen LogP) is 3.98. The van der Waals surface area contributed by atoms with Gasteiger partial charge in [0.15, 0.2) is 0 Å². The number of rotatable bonds is 2. The first-order chi connectivity index (χ1) is 7.18. The van der Waals surface area contributed by atoms with Crippen molar-refractivity contribution in [3.8, 4) is 0 Å². The molecule has 0 aromatic heterocycles. The Labute approximate surface area is 101 Å². The molecule has 0 aliphatic heterocycles. The molecule has 0 saturated heterocycles. The molecule has 1 aliphatic rings. The summed E-state index contributed by atoms with van der Waals surface area (Å²) < 4.78 is 0. The second kappa shape index (κ2) is 4.32. The maximum absolute atomic E-state index is 6.05. The maximum atomic E-state index is 6.05. The van der Waals surface area contributed by atoms with Crippen molar-refractivity contribution in [2.75, 3.05) is 7.05 Å². The molecule has 0 amide bonds. The third-order valence-electron chi connectivity index (χ3n) is 3.41. The van der Waals surface area contributed by atoms with Crippen molar-refractivity contribution in [3.63, 3.8) is 0 Å². The summed E-state index contributed by atoms with van der Waals surface area (Å²) in [5, 5.41) is 4.72. The SMILES string of the molecule is CNC1(c2ccc(Cl)c(Cl)c2)CCCC1. The normalized spacial score (nSPS) is 19.4. The van der Waals surface area contributed by atoms with E-state index >= 15 is 0 Å². The van der Waals surface area contributed by atoms with Crippen LogP contribution in [0.5, 0.6) is 0 Å². The first-order valence-corrected chi connectivity index (χ1v) is 6.08. The fourth-order valence-corrected chi connectivity index (χ4v) is 2.75. The Bertz CT molecular complexity index is 357. The van der Waals surface area contributed by atoms with Crippen molar-refractivity contribution < 1.29 is 0 Å². The molecule has 1 N–H and O–H groups in total. The van der Waals surface area contributed by atoms with Crippen molar-refractivity contribution in [3.05, 3.63) is 33.8 Å². The van der Waals surface area contributed by atoms with Crippen LogP contribution >= 0.6 is 23.2 Å². The van der Waals surface area contributed by atoms with Gasteiger partial charge in [0.05, 0.1) is 10.0 Å². The highest BCUT2D eigenvalue weighted by Crippen LogP contribution is 2.40. The summed E-state index contributed by atoms with van der Waals surface area (Å²) in [7, 11) is 2.02. The summed E-state index contributed by atoms with van der Waals surface area (Å²) in [6.45, 7) is 0. The van der Waals surface area contributed by atoms with Gasteiger partial charge in [-0.3, -0.25) is 0 Å². The highest BCUT2D eigenvalue weighted by atomic mass is 35.5. The summed E-state index contributed by atoms with van der Waals surface area (Å²) in [4.78, 5) is 0. The van der Waals surface area contributed by atoms with Crippen molar-refractivity contribution in [1.82, 2.24) is 5.32 Å². The molecule has 1 saturated carbocycles. The van der Waals surface area contributed by atoms with E-state index in [0.717, 1.165) is 0 Å². The van der Waals surface area contributed by atoms with Gasteiger partial charge in [0.2, 0.25) is 0 Å². The molecule has 1 nitrogen and oxygen atoms in total. The van der Waals surface area contributed by atoms with Crippen molar-refractivity contribution in [2.24, 2.45) is 0 Å². The summed E-state index contributed by atoms with van der Waals surface area (Å²) >= 11 is 12.0. The minimum Gasteiger partial charge on any atom is -0.310 e. The Morgan fingerprint density at radius 1 is 1.13 bits per heavy atom. The van der Waals surface area contributed by atoms with Crippen molar-refractivity contribution in [1.29, 1.82) is 0 Å². The van der Waals surface area contributed by atoms with Gasteiger partial charge in [-0.2, -0.15) is 0 Å². The highest BCUT2D eigenvalue weighted by molar-refractivity contribution is 6.42. The Morgan fingerprint density at radius 3 is 2.33 bits per heavy atom. The molecular formula is C12H15Cl2N. The highest BCUT2D eigenvalue weighted by Gasteiger charge is 2.33. The van der Waals surface area contributed by atoms with Crippen LogP contribution < -0.4 is 5.32 Å². The zero-order valence-electron chi connectivity index (χ0n) is 8.82. The minimum atomic E-state index is 0.119. The van der Waals surface area contributed by atoms with E-state index in [4.69, 9.17) is 23.2 Å². The fraction of sp³-hybridized carbons (Fsp3) is 0.500. The van der Waals surface area contributed by atoms with Crippen LogP contribution in [0.15, 0.2) is 18.2 Å². The van der Waals surface area contributed by atoms with Crippen LogP contribution in [0, 0.1) is 0 Å². The van der Waals surface area contributed by atoms with E-state index in [0.29, 0.717) is 10.0 Å². The maximum Gasteiger partial charge on any atom is 0.0595 e. The van der Waals surface area contributed by atoms with Crippen LogP contribution in [-0.2, 0) is 5.54 Å². The third kappa shape index (κ3) is 2.01.